The number of fused-ring (bicyclic) bond motifs is 1. The predicted octanol–water partition coefficient (Wildman–Crippen LogP) is 1.14. The molecule has 2 aliphatic rings. The predicted molar refractivity (Wildman–Crippen MR) is 64.1 cm³/mol. The number of likely N-dealkylation sites (tertiary alicyclic amines) is 1. The molecule has 1 amide bonds. The summed E-state index contributed by atoms with van der Waals surface area (Å²) in [6.07, 6.45) is 0.0530. The number of ether oxygens (including phenoxy) is 1. The van der Waals surface area contributed by atoms with E-state index in [4.69, 9.17) is 9.84 Å². The van der Waals surface area contributed by atoms with E-state index in [2.05, 4.69) is 26.1 Å². The quantitative estimate of drug-likeness (QED) is 0.762. The number of nitrogens with one attached hydrogen (secondary N) is 1. The zero-order valence-corrected chi connectivity index (χ0v) is 10.8. The van der Waals surface area contributed by atoms with Gasteiger partial charge in [0.05, 0.1) is 19.2 Å². The molecule has 17 heavy (non-hydrogen) atoms. The summed E-state index contributed by atoms with van der Waals surface area (Å²) in [5.74, 6) is 0. The second-order valence-corrected chi connectivity index (χ2v) is 6.33. The molecule has 5 heteroatoms. The third kappa shape index (κ3) is 2.55. The molecule has 2 rings (SSSR count). The van der Waals surface area contributed by atoms with Crippen molar-refractivity contribution < 1.29 is 14.6 Å². The van der Waals surface area contributed by atoms with Gasteiger partial charge in [-0.3, -0.25) is 0 Å². The molecule has 0 aromatic heterocycles. The van der Waals surface area contributed by atoms with Crippen LogP contribution in [0.25, 0.3) is 0 Å². The lowest BCUT2D eigenvalue weighted by atomic mass is 9.95. The van der Waals surface area contributed by atoms with Crippen LogP contribution in [0.2, 0.25) is 0 Å². The van der Waals surface area contributed by atoms with E-state index in [9.17, 15) is 4.79 Å². The van der Waals surface area contributed by atoms with Crippen LogP contribution in [0.1, 0.15) is 27.2 Å². The summed E-state index contributed by atoms with van der Waals surface area (Å²) in [7, 11) is 0. The number of hydrogen-bond donors (Lipinski definition) is 2. The fourth-order valence-corrected chi connectivity index (χ4v) is 2.57. The molecule has 0 spiro atoms. The molecule has 0 aromatic rings. The molecule has 0 saturated carbocycles. The second-order valence-electron chi connectivity index (χ2n) is 6.33. The van der Waals surface area contributed by atoms with Crippen molar-refractivity contribution in [1.29, 1.82) is 0 Å². The molecular formula is C12H22N2O3. The summed E-state index contributed by atoms with van der Waals surface area (Å²) in [6, 6.07) is 0.154. The van der Waals surface area contributed by atoms with Crippen LogP contribution in [-0.2, 0) is 4.74 Å². The van der Waals surface area contributed by atoms with Gasteiger partial charge >= 0.3 is 6.09 Å². The first-order chi connectivity index (χ1) is 7.82. The fraction of sp³-hybridized carbons (Fsp3) is 0.917. The topological polar surface area (TPSA) is 61.8 Å². The minimum Gasteiger partial charge on any atom is -0.465 e. The highest BCUT2D eigenvalue weighted by atomic mass is 16.5. The van der Waals surface area contributed by atoms with Crippen LogP contribution < -0.4 is 5.32 Å². The van der Waals surface area contributed by atoms with E-state index in [-0.39, 0.29) is 17.1 Å². The van der Waals surface area contributed by atoms with Crippen molar-refractivity contribution in [2.24, 2.45) is 5.41 Å². The van der Waals surface area contributed by atoms with Crippen molar-refractivity contribution >= 4 is 6.09 Å². The normalized spacial score (nSPS) is 32.9. The van der Waals surface area contributed by atoms with Crippen molar-refractivity contribution in [3.8, 4) is 0 Å². The zero-order valence-electron chi connectivity index (χ0n) is 10.8. The van der Waals surface area contributed by atoms with Crippen LogP contribution >= 0.6 is 0 Å². The number of rotatable bonds is 2. The number of carbonyl (C=O) groups is 1. The molecule has 0 bridgehead atoms. The van der Waals surface area contributed by atoms with Gasteiger partial charge in [-0.05, 0) is 18.4 Å². The molecule has 0 unspecified atom stereocenters. The summed E-state index contributed by atoms with van der Waals surface area (Å²) in [5, 5.41) is 12.4. The van der Waals surface area contributed by atoms with E-state index in [1.807, 2.05) is 0 Å². The van der Waals surface area contributed by atoms with E-state index in [0.717, 1.165) is 13.0 Å². The fourth-order valence-electron chi connectivity index (χ4n) is 2.57. The molecule has 0 radical (unpaired) electrons. The average Bonchev–Trinajstić information content (AvgIpc) is 2.69. The lowest BCUT2D eigenvalue weighted by Crippen LogP contribution is -2.45. The summed E-state index contributed by atoms with van der Waals surface area (Å²) >= 11 is 0. The third-order valence-corrected chi connectivity index (χ3v) is 3.50. The van der Waals surface area contributed by atoms with Crippen molar-refractivity contribution in [3.05, 3.63) is 0 Å². The molecule has 5 nitrogen and oxygen atoms in total. The van der Waals surface area contributed by atoms with Crippen LogP contribution in [0.15, 0.2) is 0 Å². The van der Waals surface area contributed by atoms with Crippen molar-refractivity contribution in [2.45, 2.75) is 38.8 Å². The largest absolute Gasteiger partial charge is 0.465 e. The molecule has 2 atom stereocenters. The van der Waals surface area contributed by atoms with Gasteiger partial charge in [-0.1, -0.05) is 20.8 Å². The molecular weight excluding hydrogens is 220 g/mol. The number of carboxylic acid groups (broad SMARTS) is 1. The summed E-state index contributed by atoms with van der Waals surface area (Å²) in [6.45, 7) is 9.01. The van der Waals surface area contributed by atoms with E-state index >= 15 is 0 Å². The Morgan fingerprint density at radius 2 is 2.29 bits per heavy atom. The first-order valence-corrected chi connectivity index (χ1v) is 6.18. The lowest BCUT2D eigenvalue weighted by Gasteiger charge is -2.32. The minimum absolute atomic E-state index is 0.110. The Labute approximate surface area is 102 Å². The maximum atomic E-state index is 11.0. The highest BCUT2D eigenvalue weighted by Gasteiger charge is 2.52. The number of nitrogens with zero attached hydrogens (tertiary/aromatic N) is 1. The SMILES string of the molecule is CC(C)(C)CO[C@@]12CCN[C@@H]1CN(C(=O)O)C2. The van der Waals surface area contributed by atoms with Gasteiger partial charge in [-0.15, -0.1) is 0 Å². The monoisotopic (exact) mass is 242 g/mol. The third-order valence-electron chi connectivity index (χ3n) is 3.50. The average molecular weight is 242 g/mol. The molecule has 0 aliphatic carbocycles. The van der Waals surface area contributed by atoms with E-state index in [1.54, 1.807) is 0 Å². The summed E-state index contributed by atoms with van der Waals surface area (Å²) < 4.78 is 6.09. The van der Waals surface area contributed by atoms with Gasteiger partial charge < -0.3 is 20.1 Å². The van der Waals surface area contributed by atoms with E-state index < -0.39 is 6.09 Å². The smallest absolute Gasteiger partial charge is 0.407 e. The Morgan fingerprint density at radius 3 is 2.88 bits per heavy atom. The Balaban J connectivity index is 2.04. The highest BCUT2D eigenvalue weighted by molar-refractivity contribution is 5.66. The van der Waals surface area contributed by atoms with Gasteiger partial charge in [0.25, 0.3) is 0 Å². The van der Waals surface area contributed by atoms with Crippen molar-refractivity contribution in [2.75, 3.05) is 26.2 Å². The Hall–Kier alpha value is -0.810. The van der Waals surface area contributed by atoms with Crippen molar-refractivity contribution in [1.82, 2.24) is 10.2 Å². The van der Waals surface area contributed by atoms with Gasteiger partial charge in [-0.25, -0.2) is 4.79 Å². The Bertz CT molecular complexity index is 313. The number of amides is 1. The molecule has 2 aliphatic heterocycles. The van der Waals surface area contributed by atoms with Gasteiger partial charge in [0.15, 0.2) is 0 Å². The summed E-state index contributed by atoms with van der Waals surface area (Å²) in [4.78, 5) is 12.5. The lowest BCUT2D eigenvalue weighted by molar-refractivity contribution is -0.0659. The molecule has 2 N–H and O–H groups in total. The molecule has 2 heterocycles. The van der Waals surface area contributed by atoms with Crippen LogP contribution in [0.4, 0.5) is 4.79 Å². The highest BCUT2D eigenvalue weighted by Crippen LogP contribution is 2.34. The first-order valence-electron chi connectivity index (χ1n) is 6.18. The summed E-state index contributed by atoms with van der Waals surface area (Å²) in [5.41, 5.74) is -0.190. The Kier molecular flexibility index (Phi) is 3.08. The zero-order chi connectivity index (χ0) is 12.7. The van der Waals surface area contributed by atoms with Gasteiger partial charge in [0.2, 0.25) is 0 Å². The van der Waals surface area contributed by atoms with Crippen LogP contribution in [0.5, 0.6) is 0 Å². The van der Waals surface area contributed by atoms with Crippen LogP contribution in [-0.4, -0.2) is 54.0 Å². The van der Waals surface area contributed by atoms with E-state index in [1.165, 1.54) is 4.90 Å². The second kappa shape index (κ2) is 4.14. The van der Waals surface area contributed by atoms with Crippen LogP contribution in [0.3, 0.4) is 0 Å². The van der Waals surface area contributed by atoms with E-state index in [0.29, 0.717) is 19.7 Å². The Morgan fingerprint density at radius 1 is 1.59 bits per heavy atom. The van der Waals surface area contributed by atoms with Gasteiger partial charge in [0.1, 0.15) is 5.60 Å². The molecule has 2 fully saturated rings. The minimum atomic E-state index is -0.847. The maximum Gasteiger partial charge on any atom is 0.407 e. The standard InChI is InChI=1S/C12H22N2O3/c1-11(2,3)8-17-12-4-5-13-9(12)6-14(7-12)10(15)16/h9,13H,4-8H2,1-3H3,(H,15,16)/t9-,12-/m1/s1. The van der Waals surface area contributed by atoms with Crippen LogP contribution in [0, 0.1) is 5.41 Å². The first kappa shape index (κ1) is 12.6. The molecule has 98 valence electrons. The van der Waals surface area contributed by atoms with Gasteiger partial charge in [-0.2, -0.15) is 0 Å². The molecule has 2 saturated heterocycles. The number of hydrogen-bond acceptors (Lipinski definition) is 3. The van der Waals surface area contributed by atoms with Gasteiger partial charge in [0, 0.05) is 6.54 Å². The molecule has 0 aromatic carbocycles. The van der Waals surface area contributed by atoms with Crippen molar-refractivity contribution in [3.63, 3.8) is 0 Å². The maximum absolute atomic E-state index is 11.0.